The predicted octanol–water partition coefficient (Wildman–Crippen LogP) is 2.46. The lowest BCUT2D eigenvalue weighted by Gasteiger charge is -2.23. The van der Waals surface area contributed by atoms with Crippen molar-refractivity contribution in [1.82, 2.24) is 9.97 Å². The van der Waals surface area contributed by atoms with E-state index >= 15 is 0 Å². The molecule has 0 atom stereocenters. The lowest BCUT2D eigenvalue weighted by Crippen LogP contribution is -2.23. The Labute approximate surface area is 127 Å². The zero-order valence-electron chi connectivity index (χ0n) is 12.0. The minimum atomic E-state index is -0.258. The van der Waals surface area contributed by atoms with Crippen LogP contribution in [-0.2, 0) is 0 Å². The number of nitrogens with one attached hydrogen (secondary N) is 1. The molecule has 1 fully saturated rings. The highest BCUT2D eigenvalue weighted by Crippen LogP contribution is 2.43. The number of amides is 1. The van der Waals surface area contributed by atoms with Gasteiger partial charge in [0.15, 0.2) is 12.1 Å². The molecule has 3 heterocycles. The Bertz CT molecular complexity index is 799. The van der Waals surface area contributed by atoms with Gasteiger partial charge in [-0.3, -0.25) is 9.59 Å². The van der Waals surface area contributed by atoms with Crippen molar-refractivity contribution in [1.29, 1.82) is 0 Å². The summed E-state index contributed by atoms with van der Waals surface area (Å²) in [6, 6.07) is 3.75. The minimum Gasteiger partial charge on any atom is -0.318 e. The number of carbonyl (C=O) groups excluding carboxylic acids is 2. The molecule has 6 nitrogen and oxygen atoms in total. The smallest absolute Gasteiger partial charge is 0.259 e. The van der Waals surface area contributed by atoms with E-state index in [-0.39, 0.29) is 5.91 Å². The van der Waals surface area contributed by atoms with Gasteiger partial charge in [0.05, 0.1) is 11.3 Å². The van der Waals surface area contributed by atoms with Gasteiger partial charge in [-0.15, -0.1) is 0 Å². The van der Waals surface area contributed by atoms with Crippen molar-refractivity contribution in [2.24, 2.45) is 0 Å². The first kappa shape index (κ1) is 12.9. The molecule has 0 spiro atoms. The molecule has 0 bridgehead atoms. The summed E-state index contributed by atoms with van der Waals surface area (Å²) in [5.74, 6) is 1.04. The quantitative estimate of drug-likeness (QED) is 0.861. The summed E-state index contributed by atoms with van der Waals surface area (Å²) in [6.07, 6.45) is 6.01. The Morgan fingerprint density at radius 3 is 2.86 bits per heavy atom. The number of rotatable bonds is 2. The van der Waals surface area contributed by atoms with Crippen LogP contribution in [0.5, 0.6) is 0 Å². The molecule has 0 aromatic carbocycles. The van der Waals surface area contributed by atoms with E-state index in [0.717, 1.165) is 24.2 Å². The van der Waals surface area contributed by atoms with Crippen molar-refractivity contribution in [2.45, 2.75) is 25.8 Å². The number of hydrogen-bond acceptors (Lipinski definition) is 5. The molecule has 1 aliphatic heterocycles. The summed E-state index contributed by atoms with van der Waals surface area (Å²) in [4.78, 5) is 34.4. The van der Waals surface area contributed by atoms with Crippen LogP contribution in [0, 0.1) is 6.92 Å². The Morgan fingerprint density at radius 2 is 2.14 bits per heavy atom. The molecule has 2 aliphatic rings. The van der Waals surface area contributed by atoms with Gasteiger partial charge in [0.25, 0.3) is 5.91 Å². The van der Waals surface area contributed by atoms with Crippen LogP contribution >= 0.6 is 0 Å². The van der Waals surface area contributed by atoms with Gasteiger partial charge >= 0.3 is 0 Å². The molecule has 110 valence electrons. The highest BCUT2D eigenvalue weighted by Gasteiger charge is 2.38. The standard InChI is InChI=1S/C16H14N4O2/c1-9-4-5-17-15-13(9)19-16(22)12-6-10(8-21)7-18-14(12)20(15)11-2-3-11/h4-8,11H,2-3H2,1H3,(H,19,22). The average Bonchev–Trinajstić information content (AvgIpc) is 3.35. The maximum Gasteiger partial charge on any atom is 0.259 e. The first-order valence-corrected chi connectivity index (χ1v) is 7.20. The third-order valence-electron chi connectivity index (χ3n) is 4.01. The number of fused-ring (bicyclic) bond motifs is 2. The lowest BCUT2D eigenvalue weighted by atomic mass is 10.1. The molecule has 1 N–H and O–H groups in total. The topological polar surface area (TPSA) is 75.2 Å². The fraction of sp³-hybridized carbons (Fsp3) is 0.250. The largest absolute Gasteiger partial charge is 0.318 e. The Balaban J connectivity index is 1.98. The van der Waals surface area contributed by atoms with E-state index in [9.17, 15) is 9.59 Å². The van der Waals surface area contributed by atoms with Crippen molar-refractivity contribution >= 4 is 29.5 Å². The van der Waals surface area contributed by atoms with Gasteiger partial charge in [-0.25, -0.2) is 9.97 Å². The monoisotopic (exact) mass is 294 g/mol. The van der Waals surface area contributed by atoms with Gasteiger partial charge in [0, 0.05) is 24.0 Å². The summed E-state index contributed by atoms with van der Waals surface area (Å²) in [5.41, 5.74) is 2.46. The van der Waals surface area contributed by atoms with Crippen molar-refractivity contribution in [3.05, 3.63) is 41.2 Å². The highest BCUT2D eigenvalue weighted by molar-refractivity contribution is 6.12. The highest BCUT2D eigenvalue weighted by atomic mass is 16.1. The van der Waals surface area contributed by atoms with Gasteiger partial charge in [0.2, 0.25) is 0 Å². The molecular formula is C16H14N4O2. The van der Waals surface area contributed by atoms with Crippen molar-refractivity contribution in [3.63, 3.8) is 0 Å². The molecule has 1 amide bonds. The van der Waals surface area contributed by atoms with Crippen LogP contribution in [0.15, 0.2) is 24.5 Å². The van der Waals surface area contributed by atoms with Crippen LogP contribution in [0.3, 0.4) is 0 Å². The van der Waals surface area contributed by atoms with Gasteiger partial charge in [0.1, 0.15) is 5.82 Å². The third-order valence-corrected chi connectivity index (χ3v) is 4.01. The first-order chi connectivity index (χ1) is 10.7. The van der Waals surface area contributed by atoms with E-state index in [4.69, 9.17) is 0 Å². The predicted molar refractivity (Wildman–Crippen MR) is 81.7 cm³/mol. The molecule has 0 unspecified atom stereocenters. The maximum absolute atomic E-state index is 12.6. The normalized spacial score (nSPS) is 16.4. The number of nitrogens with zero attached hydrogens (tertiary/aromatic N) is 3. The summed E-state index contributed by atoms with van der Waals surface area (Å²) >= 11 is 0. The van der Waals surface area contributed by atoms with Gasteiger partial charge < -0.3 is 10.2 Å². The summed E-state index contributed by atoms with van der Waals surface area (Å²) < 4.78 is 0. The van der Waals surface area contributed by atoms with Crippen LogP contribution in [-0.4, -0.2) is 28.2 Å². The average molecular weight is 294 g/mol. The Morgan fingerprint density at radius 1 is 1.32 bits per heavy atom. The first-order valence-electron chi connectivity index (χ1n) is 7.20. The molecular weight excluding hydrogens is 280 g/mol. The molecule has 0 radical (unpaired) electrons. The number of aldehydes is 1. The number of anilines is 3. The lowest BCUT2D eigenvalue weighted by molar-refractivity contribution is 0.102. The Kier molecular flexibility index (Phi) is 2.72. The molecule has 2 aromatic rings. The van der Waals surface area contributed by atoms with Crippen LogP contribution in [0.2, 0.25) is 0 Å². The van der Waals surface area contributed by atoms with Gasteiger partial charge in [-0.05, 0) is 37.5 Å². The van der Waals surface area contributed by atoms with Gasteiger partial charge in [-0.2, -0.15) is 0 Å². The van der Waals surface area contributed by atoms with E-state index in [1.165, 1.54) is 6.20 Å². The second-order valence-corrected chi connectivity index (χ2v) is 5.64. The Hall–Kier alpha value is -2.76. The van der Waals surface area contributed by atoms with Crippen LogP contribution < -0.4 is 10.2 Å². The van der Waals surface area contributed by atoms with Crippen molar-refractivity contribution < 1.29 is 9.59 Å². The zero-order chi connectivity index (χ0) is 15.3. The fourth-order valence-electron chi connectivity index (χ4n) is 2.74. The fourth-order valence-corrected chi connectivity index (χ4v) is 2.74. The van der Waals surface area contributed by atoms with E-state index in [1.807, 2.05) is 17.9 Å². The van der Waals surface area contributed by atoms with Crippen molar-refractivity contribution in [2.75, 3.05) is 10.2 Å². The number of carbonyl (C=O) groups is 2. The SMILES string of the molecule is Cc1ccnc2c1NC(=O)c1cc(C=O)cnc1N2C1CC1. The molecule has 1 aliphatic carbocycles. The van der Waals surface area contributed by atoms with Crippen LogP contribution in [0.25, 0.3) is 0 Å². The van der Waals surface area contributed by atoms with Crippen molar-refractivity contribution in [3.8, 4) is 0 Å². The second-order valence-electron chi connectivity index (χ2n) is 5.64. The molecule has 22 heavy (non-hydrogen) atoms. The molecule has 1 saturated carbocycles. The minimum absolute atomic E-state index is 0.258. The molecule has 4 rings (SSSR count). The number of pyridine rings is 2. The number of aryl methyl sites for hydroxylation is 1. The van der Waals surface area contributed by atoms with Gasteiger partial charge in [-0.1, -0.05) is 0 Å². The van der Waals surface area contributed by atoms with E-state index in [2.05, 4.69) is 15.3 Å². The second kappa shape index (κ2) is 4.62. The molecule has 6 heteroatoms. The molecule has 0 saturated heterocycles. The summed E-state index contributed by atoms with van der Waals surface area (Å²) in [6.45, 7) is 1.94. The maximum atomic E-state index is 12.6. The van der Waals surface area contributed by atoms with E-state index < -0.39 is 0 Å². The summed E-state index contributed by atoms with van der Waals surface area (Å²) in [7, 11) is 0. The summed E-state index contributed by atoms with van der Waals surface area (Å²) in [5, 5.41) is 2.91. The zero-order valence-corrected chi connectivity index (χ0v) is 12.0. The number of aromatic nitrogens is 2. The van der Waals surface area contributed by atoms with Crippen LogP contribution in [0.4, 0.5) is 17.3 Å². The van der Waals surface area contributed by atoms with E-state index in [1.54, 1.807) is 12.3 Å². The molecule has 2 aromatic heterocycles. The number of hydrogen-bond donors (Lipinski definition) is 1. The van der Waals surface area contributed by atoms with E-state index in [0.29, 0.717) is 35.0 Å². The van der Waals surface area contributed by atoms with Crippen LogP contribution in [0.1, 0.15) is 39.1 Å². The third kappa shape index (κ3) is 1.88.